The number of aromatic nitrogens is 4. The van der Waals surface area contributed by atoms with Crippen LogP contribution in [-0.2, 0) is 13.1 Å². The summed E-state index contributed by atoms with van der Waals surface area (Å²) in [6.45, 7) is 6.01. The molecule has 3 heterocycles. The highest BCUT2D eigenvalue weighted by Gasteiger charge is 2.37. The van der Waals surface area contributed by atoms with E-state index in [4.69, 9.17) is 4.74 Å². The van der Waals surface area contributed by atoms with E-state index in [1.807, 2.05) is 49.1 Å². The largest absolute Gasteiger partial charge is 0.492 e. The molecule has 0 saturated carbocycles. The lowest BCUT2D eigenvalue weighted by molar-refractivity contribution is 0.0279. The average molecular weight is 423 g/mol. The third-order valence-corrected chi connectivity index (χ3v) is 5.53. The molecule has 1 aliphatic rings. The van der Waals surface area contributed by atoms with Crippen molar-refractivity contribution in [3.05, 3.63) is 66.4 Å². The molecule has 3 aromatic rings. The van der Waals surface area contributed by atoms with Gasteiger partial charge in [-0.3, -0.25) is 9.58 Å². The number of hydrogen-bond donors (Lipinski definition) is 1. The van der Waals surface area contributed by atoms with Crippen molar-refractivity contribution in [2.75, 3.05) is 38.2 Å². The summed E-state index contributed by atoms with van der Waals surface area (Å²) in [7, 11) is 2.05. The van der Waals surface area contributed by atoms with Crippen molar-refractivity contribution in [1.29, 1.82) is 0 Å². The van der Waals surface area contributed by atoms with E-state index >= 15 is 0 Å². The summed E-state index contributed by atoms with van der Waals surface area (Å²) >= 11 is 0. The van der Waals surface area contributed by atoms with Gasteiger partial charge in [-0.15, -0.1) is 0 Å². The predicted molar refractivity (Wildman–Crippen MR) is 119 cm³/mol. The van der Waals surface area contributed by atoms with Gasteiger partial charge in [0.25, 0.3) is 0 Å². The van der Waals surface area contributed by atoms with Gasteiger partial charge in [0.15, 0.2) is 0 Å². The highest BCUT2D eigenvalue weighted by atomic mass is 16.5. The Morgan fingerprint density at radius 2 is 2.06 bits per heavy atom. The first-order valence-electron chi connectivity index (χ1n) is 10.6. The molecule has 4 rings (SSSR count). The van der Waals surface area contributed by atoms with Gasteiger partial charge in [0, 0.05) is 50.3 Å². The van der Waals surface area contributed by atoms with Crippen LogP contribution in [0, 0.1) is 6.92 Å². The maximum Gasteiger partial charge on any atom is 0.132 e. The Balaban J connectivity index is 1.25. The van der Waals surface area contributed by atoms with Gasteiger partial charge in [0.05, 0.1) is 12.1 Å². The van der Waals surface area contributed by atoms with Gasteiger partial charge in [-0.2, -0.15) is 5.10 Å². The maximum absolute atomic E-state index is 11.1. The normalized spacial score (nSPS) is 18.6. The number of hydrogen-bond acceptors (Lipinski definition) is 7. The van der Waals surface area contributed by atoms with Gasteiger partial charge >= 0.3 is 0 Å². The Hall–Kier alpha value is -2.97. The minimum atomic E-state index is -0.747. The molecule has 1 fully saturated rings. The number of aryl methyl sites for hydroxylation is 1. The first kappa shape index (κ1) is 21.3. The molecule has 1 aromatic carbocycles. The van der Waals surface area contributed by atoms with Crippen molar-refractivity contribution in [2.45, 2.75) is 32.0 Å². The van der Waals surface area contributed by atoms with Crippen LogP contribution in [0.3, 0.4) is 0 Å². The van der Waals surface area contributed by atoms with E-state index in [0.717, 1.165) is 43.3 Å². The molecule has 1 atom stereocenters. The van der Waals surface area contributed by atoms with E-state index in [2.05, 4.69) is 37.0 Å². The van der Waals surface area contributed by atoms with E-state index in [0.29, 0.717) is 19.7 Å². The van der Waals surface area contributed by atoms with Crippen LogP contribution >= 0.6 is 0 Å². The van der Waals surface area contributed by atoms with Crippen LogP contribution in [0.15, 0.2) is 55.1 Å². The molecule has 1 N–H and O–H groups in total. The fourth-order valence-corrected chi connectivity index (χ4v) is 4.05. The molecule has 1 aliphatic heterocycles. The second-order valence-electron chi connectivity index (χ2n) is 8.35. The van der Waals surface area contributed by atoms with E-state index in [1.165, 1.54) is 5.56 Å². The molecule has 31 heavy (non-hydrogen) atoms. The number of β-amino-alcohol motifs (C(OH)–C–C–N with tert-alkyl or cyclic N) is 1. The standard InChI is InChI=1S/C23H30N6O2/c1-19-14-22(25-18-24-19)28-11-8-23(30,17-28)16-27(2)15-20-4-6-21(7-5-20)31-13-12-29-10-3-9-26-29/h3-7,9-10,14,18,30H,8,11-13,15-17H2,1-2H3. The topological polar surface area (TPSA) is 79.5 Å². The Morgan fingerprint density at radius 1 is 1.23 bits per heavy atom. The average Bonchev–Trinajstić information content (AvgIpc) is 3.39. The fourth-order valence-electron chi connectivity index (χ4n) is 4.05. The third-order valence-electron chi connectivity index (χ3n) is 5.53. The summed E-state index contributed by atoms with van der Waals surface area (Å²) in [5, 5.41) is 15.3. The van der Waals surface area contributed by atoms with Crippen molar-refractivity contribution < 1.29 is 9.84 Å². The molecule has 164 valence electrons. The molecular weight excluding hydrogens is 392 g/mol. The van der Waals surface area contributed by atoms with E-state index < -0.39 is 5.60 Å². The highest BCUT2D eigenvalue weighted by molar-refractivity contribution is 5.41. The molecule has 1 saturated heterocycles. The van der Waals surface area contributed by atoms with E-state index in [-0.39, 0.29) is 0 Å². The Kier molecular flexibility index (Phi) is 6.48. The highest BCUT2D eigenvalue weighted by Crippen LogP contribution is 2.26. The zero-order valence-electron chi connectivity index (χ0n) is 18.2. The summed E-state index contributed by atoms with van der Waals surface area (Å²) in [4.78, 5) is 12.8. The van der Waals surface area contributed by atoms with Gasteiger partial charge in [0.2, 0.25) is 0 Å². The minimum Gasteiger partial charge on any atom is -0.492 e. The summed E-state index contributed by atoms with van der Waals surface area (Å²) in [6, 6.07) is 12.0. The van der Waals surface area contributed by atoms with E-state index in [9.17, 15) is 5.11 Å². The van der Waals surface area contributed by atoms with Crippen LogP contribution in [0.25, 0.3) is 0 Å². The zero-order chi connectivity index (χ0) is 21.7. The Labute approximate surface area is 183 Å². The van der Waals surface area contributed by atoms with Crippen LogP contribution in [0.4, 0.5) is 5.82 Å². The first-order chi connectivity index (χ1) is 15.0. The number of anilines is 1. The quantitative estimate of drug-likeness (QED) is 0.566. The van der Waals surface area contributed by atoms with Gasteiger partial charge in [-0.05, 0) is 44.2 Å². The maximum atomic E-state index is 11.1. The smallest absolute Gasteiger partial charge is 0.132 e. The van der Waals surface area contributed by atoms with Crippen molar-refractivity contribution in [1.82, 2.24) is 24.6 Å². The summed E-state index contributed by atoms with van der Waals surface area (Å²) in [5.41, 5.74) is 1.38. The summed E-state index contributed by atoms with van der Waals surface area (Å²) in [6.07, 6.45) is 6.00. The van der Waals surface area contributed by atoms with Crippen molar-refractivity contribution >= 4 is 5.82 Å². The number of benzene rings is 1. The van der Waals surface area contributed by atoms with Gasteiger partial charge < -0.3 is 14.7 Å². The Bertz CT molecular complexity index is 962. The number of ether oxygens (including phenoxy) is 1. The molecule has 1 unspecified atom stereocenters. The van der Waals surface area contributed by atoms with Crippen LogP contribution in [0.5, 0.6) is 5.75 Å². The van der Waals surface area contributed by atoms with Crippen LogP contribution in [0.2, 0.25) is 0 Å². The van der Waals surface area contributed by atoms with Gasteiger partial charge in [-0.25, -0.2) is 9.97 Å². The molecule has 0 amide bonds. The molecule has 0 bridgehead atoms. The van der Waals surface area contributed by atoms with Gasteiger partial charge in [0.1, 0.15) is 24.5 Å². The molecule has 2 aromatic heterocycles. The minimum absolute atomic E-state index is 0.580. The predicted octanol–water partition coefficient (Wildman–Crippen LogP) is 2.13. The summed E-state index contributed by atoms with van der Waals surface area (Å²) < 4.78 is 7.65. The Morgan fingerprint density at radius 3 is 2.81 bits per heavy atom. The first-order valence-corrected chi connectivity index (χ1v) is 10.6. The number of aliphatic hydroxyl groups is 1. The van der Waals surface area contributed by atoms with Crippen molar-refractivity contribution in [3.63, 3.8) is 0 Å². The van der Waals surface area contributed by atoms with Crippen molar-refractivity contribution in [3.8, 4) is 5.75 Å². The number of nitrogens with zero attached hydrogens (tertiary/aromatic N) is 6. The van der Waals surface area contributed by atoms with Crippen LogP contribution < -0.4 is 9.64 Å². The molecular formula is C23H30N6O2. The second kappa shape index (κ2) is 9.45. The molecule has 0 spiro atoms. The van der Waals surface area contributed by atoms with E-state index in [1.54, 1.807) is 12.5 Å². The molecule has 8 nitrogen and oxygen atoms in total. The van der Waals surface area contributed by atoms with Gasteiger partial charge in [-0.1, -0.05) is 12.1 Å². The SMILES string of the molecule is Cc1cc(N2CCC(O)(CN(C)Cc3ccc(OCCn4cccn4)cc3)C2)ncn1. The zero-order valence-corrected chi connectivity index (χ0v) is 18.2. The monoisotopic (exact) mass is 422 g/mol. The lowest BCUT2D eigenvalue weighted by Crippen LogP contribution is -2.43. The van der Waals surface area contributed by atoms with Crippen molar-refractivity contribution in [2.24, 2.45) is 0 Å². The third kappa shape index (κ3) is 5.80. The lowest BCUT2D eigenvalue weighted by Gasteiger charge is -2.29. The number of likely N-dealkylation sites (N-methyl/N-ethyl adjacent to an activating group) is 1. The van der Waals surface area contributed by atoms with Crippen LogP contribution in [-0.4, -0.2) is 68.6 Å². The molecule has 8 heteroatoms. The molecule has 0 aliphatic carbocycles. The lowest BCUT2D eigenvalue weighted by atomic mass is 10.0. The van der Waals surface area contributed by atoms with Crippen LogP contribution in [0.1, 0.15) is 17.7 Å². The second-order valence-corrected chi connectivity index (χ2v) is 8.35. The molecule has 0 radical (unpaired) electrons. The summed E-state index contributed by atoms with van der Waals surface area (Å²) in [5.74, 6) is 1.73. The number of rotatable bonds is 9. The fraction of sp³-hybridized carbons (Fsp3) is 0.435.